The van der Waals surface area contributed by atoms with Crippen LogP contribution in [0, 0.1) is 0 Å². The Kier molecular flexibility index (Phi) is 8.78. The average Bonchev–Trinajstić information content (AvgIpc) is 3.25. The number of nitrogens with two attached hydrogens (primary N) is 1. The zero-order chi connectivity index (χ0) is 24.6. The maximum absolute atomic E-state index is 12.9. The van der Waals surface area contributed by atoms with E-state index in [4.69, 9.17) is 10.5 Å². The van der Waals surface area contributed by atoms with Crippen LogP contribution in [0.4, 0.5) is 5.82 Å². The Labute approximate surface area is 199 Å². The summed E-state index contributed by atoms with van der Waals surface area (Å²) in [6, 6.07) is 8.55. The molecule has 1 aliphatic heterocycles. The van der Waals surface area contributed by atoms with Crippen molar-refractivity contribution in [2.24, 2.45) is 5.73 Å². The first-order valence-corrected chi connectivity index (χ1v) is 11.5. The van der Waals surface area contributed by atoms with Crippen molar-refractivity contribution in [2.75, 3.05) is 25.0 Å². The lowest BCUT2D eigenvalue weighted by Crippen LogP contribution is -2.56. The molecule has 1 aromatic heterocycles. The summed E-state index contributed by atoms with van der Waals surface area (Å²) in [5.41, 5.74) is 5.66. The van der Waals surface area contributed by atoms with Crippen molar-refractivity contribution in [3.8, 4) is 0 Å². The van der Waals surface area contributed by atoms with Gasteiger partial charge in [-0.25, -0.2) is 4.98 Å². The van der Waals surface area contributed by atoms with Gasteiger partial charge >= 0.3 is 0 Å². The lowest BCUT2D eigenvalue weighted by atomic mass is 10.1. The van der Waals surface area contributed by atoms with E-state index in [2.05, 4.69) is 15.6 Å². The van der Waals surface area contributed by atoms with Gasteiger partial charge in [0.2, 0.25) is 11.8 Å². The van der Waals surface area contributed by atoms with Gasteiger partial charge in [0.15, 0.2) is 5.82 Å². The first-order valence-electron chi connectivity index (χ1n) is 11.5. The third kappa shape index (κ3) is 7.67. The Morgan fingerprint density at radius 2 is 1.85 bits per heavy atom. The summed E-state index contributed by atoms with van der Waals surface area (Å²) in [6.07, 6.45) is 6.29. The Bertz CT molecular complexity index is 963. The number of ether oxygens (including phenoxy) is 1. The molecule has 0 radical (unpaired) electrons. The quantitative estimate of drug-likeness (QED) is 0.479. The summed E-state index contributed by atoms with van der Waals surface area (Å²) < 4.78 is 7.32. The minimum absolute atomic E-state index is 0.0274. The van der Waals surface area contributed by atoms with Crippen LogP contribution in [-0.4, -0.2) is 63.4 Å². The largest absolute Gasteiger partial charge is 0.374 e. The fourth-order valence-electron chi connectivity index (χ4n) is 3.52. The van der Waals surface area contributed by atoms with Gasteiger partial charge in [-0.1, -0.05) is 30.3 Å². The van der Waals surface area contributed by atoms with E-state index in [1.165, 1.54) is 6.33 Å². The molecule has 3 amide bonds. The number of imidazole rings is 1. The number of likely N-dealkylation sites (tertiary alicyclic amines) is 1. The lowest BCUT2D eigenvalue weighted by molar-refractivity contribution is -0.132. The second-order valence-electron chi connectivity index (χ2n) is 9.11. The molecule has 1 saturated heterocycles. The highest BCUT2D eigenvalue weighted by Gasteiger charge is 2.28. The monoisotopic (exact) mass is 470 g/mol. The topological polar surface area (TPSA) is 132 Å². The molecule has 0 spiro atoms. The van der Waals surface area contributed by atoms with Crippen LogP contribution in [0.25, 0.3) is 0 Å². The number of aromatic nitrogens is 2. The van der Waals surface area contributed by atoms with Gasteiger partial charge < -0.3 is 30.6 Å². The minimum atomic E-state index is -1.16. The number of carbonyl (C=O) groups is 3. The fraction of sp³-hybridized carbons (Fsp3) is 0.500. The Balaban J connectivity index is 1.58. The molecule has 0 saturated carbocycles. The van der Waals surface area contributed by atoms with Gasteiger partial charge in [0.25, 0.3) is 5.91 Å². The van der Waals surface area contributed by atoms with Crippen molar-refractivity contribution in [1.82, 2.24) is 19.8 Å². The number of carbonyl (C=O) groups excluding carboxylic acids is 3. The predicted octanol–water partition coefficient (Wildman–Crippen LogP) is 1.27. The third-order valence-corrected chi connectivity index (χ3v) is 5.51. The summed E-state index contributed by atoms with van der Waals surface area (Å²) in [6.45, 7) is 5.07. The summed E-state index contributed by atoms with van der Waals surface area (Å²) in [4.78, 5) is 43.8. The highest BCUT2D eigenvalue weighted by atomic mass is 16.5. The highest BCUT2D eigenvalue weighted by Crippen LogP contribution is 2.11. The number of piperidine rings is 1. The zero-order valence-electron chi connectivity index (χ0n) is 19.8. The van der Waals surface area contributed by atoms with Crippen molar-refractivity contribution in [3.05, 3.63) is 48.4 Å². The Morgan fingerprint density at radius 1 is 1.15 bits per heavy atom. The van der Waals surface area contributed by atoms with E-state index < -0.39 is 23.4 Å². The summed E-state index contributed by atoms with van der Waals surface area (Å²) >= 11 is 0. The van der Waals surface area contributed by atoms with Gasteiger partial charge in [0.05, 0.1) is 25.1 Å². The molecule has 0 unspecified atom stereocenters. The van der Waals surface area contributed by atoms with E-state index in [-0.39, 0.29) is 24.9 Å². The maximum atomic E-state index is 12.9. The molecule has 34 heavy (non-hydrogen) atoms. The molecule has 1 atom stereocenters. The van der Waals surface area contributed by atoms with E-state index in [1.54, 1.807) is 24.6 Å². The smallest absolute Gasteiger partial charge is 0.250 e. The number of rotatable bonds is 10. The molecular formula is C24H34N6O4. The molecule has 3 rings (SSSR count). The number of hydrogen-bond donors (Lipinski definition) is 3. The van der Waals surface area contributed by atoms with Gasteiger partial charge in [-0.05, 0) is 38.7 Å². The van der Waals surface area contributed by atoms with Crippen LogP contribution in [0.2, 0.25) is 0 Å². The highest BCUT2D eigenvalue weighted by molar-refractivity contribution is 5.98. The zero-order valence-corrected chi connectivity index (χ0v) is 19.8. The summed E-state index contributed by atoms with van der Waals surface area (Å²) in [5.74, 6) is -0.655. The van der Waals surface area contributed by atoms with Crippen LogP contribution in [-0.2, 0) is 32.3 Å². The van der Waals surface area contributed by atoms with Crippen molar-refractivity contribution >= 4 is 23.5 Å². The van der Waals surface area contributed by atoms with E-state index in [1.807, 2.05) is 35.2 Å². The predicted molar refractivity (Wildman–Crippen MR) is 128 cm³/mol. The average molecular weight is 471 g/mol. The van der Waals surface area contributed by atoms with E-state index >= 15 is 0 Å². The van der Waals surface area contributed by atoms with Crippen LogP contribution >= 0.6 is 0 Å². The molecule has 4 N–H and O–H groups in total. The minimum Gasteiger partial charge on any atom is -0.374 e. The molecule has 0 bridgehead atoms. The maximum Gasteiger partial charge on any atom is 0.250 e. The van der Waals surface area contributed by atoms with Gasteiger partial charge in [-0.15, -0.1) is 0 Å². The molecule has 1 aromatic carbocycles. The Hall–Kier alpha value is -3.24. The summed E-state index contributed by atoms with van der Waals surface area (Å²) in [5, 5.41) is 5.34. The fourth-order valence-corrected chi connectivity index (χ4v) is 3.52. The molecule has 2 aromatic rings. The summed E-state index contributed by atoms with van der Waals surface area (Å²) in [7, 11) is 0. The van der Waals surface area contributed by atoms with Gasteiger partial charge in [-0.3, -0.25) is 14.4 Å². The molecule has 2 heterocycles. The van der Waals surface area contributed by atoms with Crippen LogP contribution in [0.15, 0.2) is 42.9 Å². The van der Waals surface area contributed by atoms with Gasteiger partial charge in [0, 0.05) is 19.3 Å². The normalized spacial score (nSPS) is 15.0. The number of benzene rings is 1. The standard InChI is InChI=1S/C24H34N6O4/c1-24(2,25)23(33)27-19(16-34-15-18-9-5-3-6-10-18)22(32)28-20-13-29(17-26-20)14-21(31)30-11-7-4-8-12-30/h3,5-6,9-10,13,17,19H,4,7-8,11-12,14-16,25H2,1-2H3,(H,27,33)(H,28,32)/t19-/m1/s1. The van der Waals surface area contributed by atoms with E-state index in [9.17, 15) is 14.4 Å². The molecule has 0 aliphatic carbocycles. The molecule has 10 nitrogen and oxygen atoms in total. The van der Waals surface area contributed by atoms with Gasteiger partial charge in [-0.2, -0.15) is 0 Å². The van der Waals surface area contributed by atoms with E-state index in [0.717, 1.165) is 37.9 Å². The van der Waals surface area contributed by atoms with Crippen molar-refractivity contribution < 1.29 is 19.1 Å². The van der Waals surface area contributed by atoms with E-state index in [0.29, 0.717) is 6.61 Å². The van der Waals surface area contributed by atoms with Gasteiger partial charge in [0.1, 0.15) is 12.6 Å². The van der Waals surface area contributed by atoms with Crippen LogP contribution in [0.3, 0.4) is 0 Å². The SMILES string of the molecule is CC(C)(N)C(=O)N[C@H](COCc1ccccc1)C(=O)Nc1cn(CC(=O)N2CCCCC2)cn1. The molecule has 184 valence electrons. The number of anilines is 1. The van der Waals surface area contributed by atoms with Crippen molar-refractivity contribution in [1.29, 1.82) is 0 Å². The second kappa shape index (κ2) is 11.8. The first-order chi connectivity index (χ1) is 16.2. The number of nitrogens with zero attached hydrogens (tertiary/aromatic N) is 3. The first kappa shape index (κ1) is 25.4. The lowest BCUT2D eigenvalue weighted by Gasteiger charge is -2.26. The van der Waals surface area contributed by atoms with Crippen LogP contribution in [0.5, 0.6) is 0 Å². The molecule has 10 heteroatoms. The van der Waals surface area contributed by atoms with Crippen molar-refractivity contribution in [3.63, 3.8) is 0 Å². The molecule has 1 aliphatic rings. The van der Waals surface area contributed by atoms with Crippen molar-refractivity contribution in [2.45, 2.75) is 57.8 Å². The number of hydrogen-bond acceptors (Lipinski definition) is 6. The van der Waals surface area contributed by atoms with Crippen LogP contribution < -0.4 is 16.4 Å². The molecule has 1 fully saturated rings. The number of nitrogens with one attached hydrogen (secondary N) is 2. The molecular weight excluding hydrogens is 436 g/mol. The second-order valence-corrected chi connectivity index (χ2v) is 9.11. The number of amides is 3. The van der Waals surface area contributed by atoms with Crippen LogP contribution in [0.1, 0.15) is 38.7 Å². The Morgan fingerprint density at radius 3 is 2.53 bits per heavy atom. The third-order valence-electron chi connectivity index (χ3n) is 5.51.